The minimum Gasteiger partial charge on any atom is -0.343 e. The summed E-state index contributed by atoms with van der Waals surface area (Å²) < 4.78 is 13.5. The van der Waals surface area contributed by atoms with Gasteiger partial charge in [-0.2, -0.15) is 0 Å². The van der Waals surface area contributed by atoms with E-state index in [1.165, 1.54) is 18.2 Å². The van der Waals surface area contributed by atoms with E-state index in [2.05, 4.69) is 10.6 Å². The van der Waals surface area contributed by atoms with E-state index in [1.54, 1.807) is 18.2 Å². The van der Waals surface area contributed by atoms with Crippen LogP contribution in [0.5, 0.6) is 0 Å². The Morgan fingerprint density at radius 3 is 2.50 bits per heavy atom. The summed E-state index contributed by atoms with van der Waals surface area (Å²) in [6.45, 7) is -0.313. The molecular formula is C15H11Cl2FN2O2. The Balaban J connectivity index is 1.93. The zero-order chi connectivity index (χ0) is 16.1. The largest absolute Gasteiger partial charge is 0.343 e. The highest BCUT2D eigenvalue weighted by molar-refractivity contribution is 6.33. The number of hydrogen-bond donors (Lipinski definition) is 2. The third-order valence-corrected chi connectivity index (χ3v) is 3.30. The van der Waals surface area contributed by atoms with Crippen LogP contribution in [0.2, 0.25) is 10.0 Å². The number of hydrogen-bond acceptors (Lipinski definition) is 2. The standard InChI is InChI=1S/C15H11Cl2FN2O2/c16-9-5-6-13(12(18)7-9)20-14(21)8-19-15(22)10-3-1-2-4-11(10)17/h1-7H,8H2,(H,19,22)(H,20,21). The van der Waals surface area contributed by atoms with Crippen LogP contribution in [0.25, 0.3) is 0 Å². The lowest BCUT2D eigenvalue weighted by molar-refractivity contribution is -0.115. The molecule has 2 aromatic rings. The van der Waals surface area contributed by atoms with Crippen molar-refractivity contribution in [2.24, 2.45) is 0 Å². The van der Waals surface area contributed by atoms with Gasteiger partial charge in [-0.15, -0.1) is 0 Å². The number of nitrogens with one attached hydrogen (secondary N) is 2. The summed E-state index contributed by atoms with van der Waals surface area (Å²) >= 11 is 11.5. The summed E-state index contributed by atoms with van der Waals surface area (Å²) in [4.78, 5) is 23.6. The minimum absolute atomic E-state index is 0.0126. The van der Waals surface area contributed by atoms with Crippen molar-refractivity contribution in [3.05, 3.63) is 63.9 Å². The number of rotatable bonds is 4. The van der Waals surface area contributed by atoms with Crippen molar-refractivity contribution in [1.82, 2.24) is 5.32 Å². The summed E-state index contributed by atoms with van der Waals surface area (Å²) in [7, 11) is 0. The molecule has 0 aromatic heterocycles. The molecule has 2 aromatic carbocycles. The molecule has 0 aliphatic rings. The van der Waals surface area contributed by atoms with Gasteiger partial charge in [-0.1, -0.05) is 35.3 Å². The van der Waals surface area contributed by atoms with Crippen LogP contribution in [0.3, 0.4) is 0 Å². The van der Waals surface area contributed by atoms with Gasteiger partial charge in [-0.05, 0) is 30.3 Å². The summed E-state index contributed by atoms with van der Waals surface area (Å²) in [5.74, 6) is -1.71. The maximum Gasteiger partial charge on any atom is 0.253 e. The van der Waals surface area contributed by atoms with Crippen LogP contribution in [-0.2, 0) is 4.79 Å². The van der Waals surface area contributed by atoms with Gasteiger partial charge in [0.15, 0.2) is 0 Å². The first-order chi connectivity index (χ1) is 10.5. The summed E-state index contributed by atoms with van der Waals surface area (Å²) in [5.41, 5.74) is 0.246. The number of halogens is 3. The molecule has 0 atom stereocenters. The summed E-state index contributed by atoms with van der Waals surface area (Å²) in [6.07, 6.45) is 0. The molecule has 2 rings (SSSR count). The second-order valence-electron chi connectivity index (χ2n) is 4.33. The van der Waals surface area contributed by atoms with Crippen LogP contribution in [0, 0.1) is 5.82 Å². The third-order valence-electron chi connectivity index (χ3n) is 2.73. The van der Waals surface area contributed by atoms with Gasteiger partial charge in [0.25, 0.3) is 5.91 Å². The molecular weight excluding hydrogens is 330 g/mol. The minimum atomic E-state index is -0.654. The van der Waals surface area contributed by atoms with E-state index in [0.29, 0.717) is 0 Å². The Kier molecular flexibility index (Phi) is 5.35. The molecule has 2 amide bonds. The van der Waals surface area contributed by atoms with Gasteiger partial charge in [0, 0.05) is 5.02 Å². The second-order valence-corrected chi connectivity index (χ2v) is 5.18. The molecule has 0 aliphatic carbocycles. The van der Waals surface area contributed by atoms with Crippen LogP contribution in [-0.4, -0.2) is 18.4 Å². The first-order valence-corrected chi connectivity index (χ1v) is 7.00. The van der Waals surface area contributed by atoms with E-state index in [1.807, 2.05) is 0 Å². The van der Waals surface area contributed by atoms with Crippen molar-refractivity contribution in [2.75, 3.05) is 11.9 Å². The van der Waals surface area contributed by atoms with Crippen molar-refractivity contribution < 1.29 is 14.0 Å². The Morgan fingerprint density at radius 1 is 1.09 bits per heavy atom. The predicted molar refractivity (Wildman–Crippen MR) is 83.8 cm³/mol. The zero-order valence-corrected chi connectivity index (χ0v) is 12.7. The Hall–Kier alpha value is -2.11. The van der Waals surface area contributed by atoms with E-state index in [-0.39, 0.29) is 27.8 Å². The van der Waals surface area contributed by atoms with Crippen LogP contribution in [0.1, 0.15) is 10.4 Å². The maximum absolute atomic E-state index is 13.5. The molecule has 0 aliphatic heterocycles. The first kappa shape index (κ1) is 16.3. The first-order valence-electron chi connectivity index (χ1n) is 6.25. The van der Waals surface area contributed by atoms with Crippen molar-refractivity contribution in [3.63, 3.8) is 0 Å². The summed E-state index contributed by atoms with van der Waals surface area (Å²) in [6, 6.07) is 10.3. The van der Waals surface area contributed by atoms with Crippen LogP contribution >= 0.6 is 23.2 Å². The van der Waals surface area contributed by atoms with Crippen molar-refractivity contribution in [3.8, 4) is 0 Å². The number of amides is 2. The topological polar surface area (TPSA) is 58.2 Å². The van der Waals surface area contributed by atoms with Gasteiger partial charge in [0.1, 0.15) is 5.82 Å². The van der Waals surface area contributed by atoms with E-state index in [9.17, 15) is 14.0 Å². The van der Waals surface area contributed by atoms with Gasteiger partial charge in [-0.3, -0.25) is 9.59 Å². The molecule has 0 bridgehead atoms. The van der Waals surface area contributed by atoms with E-state index in [0.717, 1.165) is 6.07 Å². The van der Waals surface area contributed by atoms with Gasteiger partial charge < -0.3 is 10.6 Å². The molecule has 0 spiro atoms. The smallest absolute Gasteiger partial charge is 0.253 e. The van der Waals surface area contributed by atoms with Crippen molar-refractivity contribution >= 4 is 40.7 Å². The molecule has 114 valence electrons. The maximum atomic E-state index is 13.5. The highest BCUT2D eigenvalue weighted by atomic mass is 35.5. The predicted octanol–water partition coefficient (Wildman–Crippen LogP) is 3.50. The van der Waals surface area contributed by atoms with E-state index >= 15 is 0 Å². The number of anilines is 1. The highest BCUT2D eigenvalue weighted by Crippen LogP contribution is 2.18. The van der Waals surface area contributed by atoms with Crippen molar-refractivity contribution in [2.45, 2.75) is 0 Å². The van der Waals surface area contributed by atoms with Crippen LogP contribution in [0.15, 0.2) is 42.5 Å². The molecule has 0 saturated carbocycles. The van der Waals surface area contributed by atoms with E-state index in [4.69, 9.17) is 23.2 Å². The number of carbonyl (C=O) groups is 2. The van der Waals surface area contributed by atoms with Crippen molar-refractivity contribution in [1.29, 1.82) is 0 Å². The highest BCUT2D eigenvalue weighted by Gasteiger charge is 2.12. The average Bonchev–Trinajstić information content (AvgIpc) is 2.48. The van der Waals surface area contributed by atoms with Crippen LogP contribution < -0.4 is 10.6 Å². The second kappa shape index (κ2) is 7.24. The molecule has 0 saturated heterocycles. The van der Waals surface area contributed by atoms with Gasteiger partial charge in [0.2, 0.25) is 5.91 Å². The molecule has 0 radical (unpaired) electrons. The molecule has 7 heteroatoms. The third kappa shape index (κ3) is 4.19. The van der Waals surface area contributed by atoms with Gasteiger partial charge in [0.05, 0.1) is 22.8 Å². The lowest BCUT2D eigenvalue weighted by Crippen LogP contribution is -2.33. The normalized spacial score (nSPS) is 10.1. The Bertz CT molecular complexity index is 722. The van der Waals surface area contributed by atoms with E-state index < -0.39 is 17.6 Å². The fraction of sp³-hybridized carbons (Fsp3) is 0.0667. The SMILES string of the molecule is O=C(CNC(=O)c1ccccc1Cl)Nc1ccc(Cl)cc1F. The fourth-order valence-electron chi connectivity index (χ4n) is 1.69. The Labute approximate surface area is 136 Å². The van der Waals surface area contributed by atoms with Gasteiger partial charge >= 0.3 is 0 Å². The number of benzene rings is 2. The quantitative estimate of drug-likeness (QED) is 0.894. The van der Waals surface area contributed by atoms with Gasteiger partial charge in [-0.25, -0.2) is 4.39 Å². The molecule has 2 N–H and O–H groups in total. The van der Waals surface area contributed by atoms with Crippen LogP contribution in [0.4, 0.5) is 10.1 Å². The monoisotopic (exact) mass is 340 g/mol. The lowest BCUT2D eigenvalue weighted by atomic mass is 10.2. The Morgan fingerprint density at radius 2 is 1.82 bits per heavy atom. The fourth-order valence-corrected chi connectivity index (χ4v) is 2.07. The molecule has 4 nitrogen and oxygen atoms in total. The molecule has 0 fully saturated rings. The lowest BCUT2D eigenvalue weighted by Gasteiger charge is -2.08. The molecule has 0 heterocycles. The summed E-state index contributed by atoms with van der Waals surface area (Å²) in [5, 5.41) is 5.25. The zero-order valence-electron chi connectivity index (χ0n) is 11.2. The average molecular weight is 341 g/mol. The molecule has 0 unspecified atom stereocenters. The number of carbonyl (C=O) groups excluding carboxylic acids is 2. The molecule has 22 heavy (non-hydrogen) atoms.